The molecular formula is C18H17F2N3O2S. The number of aromatic nitrogens is 2. The molecule has 2 heterocycles. The third kappa shape index (κ3) is 2.90. The van der Waals surface area contributed by atoms with Crippen LogP contribution in [-0.4, -0.2) is 27.4 Å². The molecule has 0 fully saturated rings. The van der Waals surface area contributed by atoms with Gasteiger partial charge in [0.05, 0.1) is 22.6 Å². The van der Waals surface area contributed by atoms with Crippen LogP contribution in [0.15, 0.2) is 29.3 Å². The van der Waals surface area contributed by atoms with E-state index in [0.717, 1.165) is 23.5 Å². The van der Waals surface area contributed by atoms with E-state index in [-0.39, 0.29) is 11.5 Å². The molecule has 1 unspecified atom stereocenters. The molecule has 0 N–H and O–H groups in total. The molecule has 26 heavy (non-hydrogen) atoms. The molecule has 5 nitrogen and oxygen atoms in total. The summed E-state index contributed by atoms with van der Waals surface area (Å²) in [5.74, 6) is -2.19. The van der Waals surface area contributed by atoms with E-state index >= 15 is 0 Å². The fourth-order valence-electron chi connectivity index (χ4n) is 2.74. The second-order valence-corrected chi connectivity index (χ2v) is 7.16. The summed E-state index contributed by atoms with van der Waals surface area (Å²) in [6.07, 6.45) is 1.42. The summed E-state index contributed by atoms with van der Waals surface area (Å²) in [6.45, 7) is 3.44. The number of amides is 1. The Morgan fingerprint density at radius 1 is 1.31 bits per heavy atom. The van der Waals surface area contributed by atoms with Crippen LogP contribution in [-0.2, 0) is 7.05 Å². The van der Waals surface area contributed by atoms with Crippen LogP contribution in [0.4, 0.5) is 8.78 Å². The third-order valence-electron chi connectivity index (χ3n) is 4.53. The molecule has 3 rings (SSSR count). The van der Waals surface area contributed by atoms with Crippen LogP contribution in [0.2, 0.25) is 0 Å². The van der Waals surface area contributed by atoms with Crippen molar-refractivity contribution in [3.63, 3.8) is 0 Å². The Balaban J connectivity index is 1.99. The zero-order chi connectivity index (χ0) is 19.2. The fourth-order valence-corrected chi connectivity index (χ4v) is 3.87. The molecule has 0 aliphatic carbocycles. The standard InChI is InChI=1S/C18H17F2N3O2S/c1-9-14-16(21-8-22(3)17(14)24)26-15(9)18(25)23(4)10(2)11-5-6-12(19)13(20)7-11/h5-8,10H,1-4H3. The molecule has 0 aliphatic heterocycles. The normalized spacial score (nSPS) is 12.4. The van der Waals surface area contributed by atoms with Gasteiger partial charge in [-0.05, 0) is 37.1 Å². The predicted molar refractivity (Wildman–Crippen MR) is 96.5 cm³/mol. The molecule has 2 aromatic heterocycles. The Kier molecular flexibility index (Phi) is 4.62. The number of aryl methyl sites for hydroxylation is 2. The van der Waals surface area contributed by atoms with Gasteiger partial charge in [-0.25, -0.2) is 13.8 Å². The summed E-state index contributed by atoms with van der Waals surface area (Å²) in [5.41, 5.74) is 0.847. The van der Waals surface area contributed by atoms with E-state index in [9.17, 15) is 18.4 Å². The minimum Gasteiger partial charge on any atom is -0.334 e. The van der Waals surface area contributed by atoms with Gasteiger partial charge in [0.15, 0.2) is 11.6 Å². The van der Waals surface area contributed by atoms with Gasteiger partial charge in [-0.15, -0.1) is 11.3 Å². The van der Waals surface area contributed by atoms with Crippen molar-refractivity contribution in [2.45, 2.75) is 19.9 Å². The van der Waals surface area contributed by atoms with Gasteiger partial charge < -0.3 is 9.47 Å². The molecule has 0 bridgehead atoms. The highest BCUT2D eigenvalue weighted by Crippen LogP contribution is 2.30. The lowest BCUT2D eigenvalue weighted by molar-refractivity contribution is 0.0746. The van der Waals surface area contributed by atoms with Crippen LogP contribution in [0.25, 0.3) is 10.2 Å². The Bertz CT molecular complexity index is 1070. The number of hydrogen-bond acceptors (Lipinski definition) is 4. The highest BCUT2D eigenvalue weighted by Gasteiger charge is 2.25. The molecule has 136 valence electrons. The van der Waals surface area contributed by atoms with Crippen LogP contribution in [0, 0.1) is 18.6 Å². The van der Waals surface area contributed by atoms with Crippen LogP contribution >= 0.6 is 11.3 Å². The first-order chi connectivity index (χ1) is 12.2. The maximum Gasteiger partial charge on any atom is 0.264 e. The number of fused-ring (bicyclic) bond motifs is 1. The number of hydrogen-bond donors (Lipinski definition) is 0. The maximum absolute atomic E-state index is 13.5. The summed E-state index contributed by atoms with van der Waals surface area (Å²) >= 11 is 1.15. The van der Waals surface area contributed by atoms with E-state index in [0.29, 0.717) is 26.2 Å². The van der Waals surface area contributed by atoms with Crippen molar-refractivity contribution in [2.75, 3.05) is 7.05 Å². The van der Waals surface area contributed by atoms with Crippen LogP contribution in [0.5, 0.6) is 0 Å². The van der Waals surface area contributed by atoms with Crippen molar-refractivity contribution in [2.24, 2.45) is 7.05 Å². The van der Waals surface area contributed by atoms with Crippen molar-refractivity contribution >= 4 is 27.5 Å². The number of carbonyl (C=O) groups excluding carboxylic acids is 1. The lowest BCUT2D eigenvalue weighted by Gasteiger charge is -2.25. The summed E-state index contributed by atoms with van der Waals surface area (Å²) in [7, 11) is 3.19. The monoisotopic (exact) mass is 377 g/mol. The van der Waals surface area contributed by atoms with Gasteiger partial charge in [0.25, 0.3) is 11.5 Å². The summed E-state index contributed by atoms with van der Waals surface area (Å²) < 4.78 is 28.0. The SMILES string of the molecule is Cc1c(C(=O)N(C)C(C)c2ccc(F)c(F)c2)sc2ncn(C)c(=O)c12. The Hall–Kier alpha value is -2.61. The molecule has 0 saturated carbocycles. The van der Waals surface area contributed by atoms with E-state index in [1.165, 1.54) is 21.9 Å². The largest absolute Gasteiger partial charge is 0.334 e. The van der Waals surface area contributed by atoms with E-state index in [1.807, 2.05) is 0 Å². The number of benzene rings is 1. The molecule has 3 aromatic rings. The average Bonchev–Trinajstić information content (AvgIpc) is 2.96. The number of halogens is 2. The molecule has 1 atom stereocenters. The molecule has 1 aromatic carbocycles. The quantitative estimate of drug-likeness (QED) is 0.703. The van der Waals surface area contributed by atoms with Crippen LogP contribution < -0.4 is 5.56 Å². The Labute approximate surface area is 152 Å². The van der Waals surface area contributed by atoms with Crippen molar-refractivity contribution in [3.8, 4) is 0 Å². The lowest BCUT2D eigenvalue weighted by Crippen LogP contribution is -2.29. The lowest BCUT2D eigenvalue weighted by atomic mass is 10.1. The topological polar surface area (TPSA) is 55.2 Å². The van der Waals surface area contributed by atoms with Gasteiger partial charge in [-0.3, -0.25) is 9.59 Å². The van der Waals surface area contributed by atoms with Crippen LogP contribution in [0.3, 0.4) is 0 Å². The Morgan fingerprint density at radius 3 is 2.65 bits per heavy atom. The average molecular weight is 377 g/mol. The van der Waals surface area contributed by atoms with Crippen molar-refractivity contribution in [1.82, 2.24) is 14.5 Å². The van der Waals surface area contributed by atoms with E-state index < -0.39 is 17.7 Å². The third-order valence-corrected chi connectivity index (χ3v) is 5.72. The van der Waals surface area contributed by atoms with Crippen molar-refractivity contribution in [1.29, 1.82) is 0 Å². The van der Waals surface area contributed by atoms with Gasteiger partial charge in [0, 0.05) is 14.1 Å². The highest BCUT2D eigenvalue weighted by molar-refractivity contribution is 7.20. The Morgan fingerprint density at radius 2 is 2.00 bits per heavy atom. The molecule has 0 aliphatic rings. The smallest absolute Gasteiger partial charge is 0.264 e. The molecule has 0 radical (unpaired) electrons. The molecule has 0 spiro atoms. The first-order valence-electron chi connectivity index (χ1n) is 7.89. The zero-order valence-corrected chi connectivity index (χ0v) is 15.5. The van der Waals surface area contributed by atoms with Gasteiger partial charge in [-0.2, -0.15) is 0 Å². The number of carbonyl (C=O) groups is 1. The van der Waals surface area contributed by atoms with Gasteiger partial charge >= 0.3 is 0 Å². The van der Waals surface area contributed by atoms with E-state index in [2.05, 4.69) is 4.98 Å². The summed E-state index contributed by atoms with van der Waals surface area (Å²) in [4.78, 5) is 31.8. The maximum atomic E-state index is 13.5. The number of rotatable bonds is 3. The first-order valence-corrected chi connectivity index (χ1v) is 8.70. The van der Waals surface area contributed by atoms with E-state index in [1.54, 1.807) is 27.9 Å². The number of nitrogens with zero attached hydrogens (tertiary/aromatic N) is 3. The predicted octanol–water partition coefficient (Wildman–Crippen LogP) is 3.41. The van der Waals surface area contributed by atoms with Gasteiger partial charge in [0.2, 0.25) is 0 Å². The molecular weight excluding hydrogens is 360 g/mol. The second kappa shape index (κ2) is 6.60. The second-order valence-electron chi connectivity index (χ2n) is 6.16. The first kappa shape index (κ1) is 18.2. The molecule has 8 heteroatoms. The summed E-state index contributed by atoms with van der Waals surface area (Å²) in [6, 6.07) is 3.09. The van der Waals surface area contributed by atoms with Crippen molar-refractivity contribution < 1.29 is 13.6 Å². The molecule has 0 saturated heterocycles. The highest BCUT2D eigenvalue weighted by atomic mass is 32.1. The van der Waals surface area contributed by atoms with Gasteiger partial charge in [0.1, 0.15) is 4.83 Å². The summed E-state index contributed by atoms with van der Waals surface area (Å²) in [5, 5.41) is 0.428. The fraction of sp³-hybridized carbons (Fsp3) is 0.278. The molecule has 1 amide bonds. The van der Waals surface area contributed by atoms with Gasteiger partial charge in [-0.1, -0.05) is 6.07 Å². The zero-order valence-electron chi connectivity index (χ0n) is 14.7. The van der Waals surface area contributed by atoms with Crippen molar-refractivity contribution in [3.05, 3.63) is 62.5 Å². The minimum atomic E-state index is -0.957. The minimum absolute atomic E-state index is 0.209. The van der Waals surface area contributed by atoms with E-state index in [4.69, 9.17) is 0 Å². The van der Waals surface area contributed by atoms with Crippen LogP contribution in [0.1, 0.15) is 33.8 Å². The number of thiophene rings is 1.